The molecule has 0 atom stereocenters. The highest BCUT2D eigenvalue weighted by Crippen LogP contribution is 2.25. The standard InChI is InChI=1S/C26H23N3O6/c30-25(28-12-13-33-21-9-7-18(8-10-21)26(31)29-32)15-20(17-34-22-5-3-11-27-16-22)24-14-19-4-1-2-6-23(19)35-24/h1-11,14-16,32H,12-13,17H2,(H,28,30)(H,29,31)/b20-15+. The number of furan rings is 1. The topological polar surface area (TPSA) is 123 Å². The van der Waals surface area contributed by atoms with Crippen molar-refractivity contribution in [2.24, 2.45) is 0 Å². The molecule has 4 rings (SSSR count). The molecule has 9 heteroatoms. The Morgan fingerprint density at radius 2 is 1.83 bits per heavy atom. The molecule has 0 aliphatic carbocycles. The average Bonchev–Trinajstić information content (AvgIpc) is 3.34. The summed E-state index contributed by atoms with van der Waals surface area (Å²) in [5.74, 6) is 0.702. The fraction of sp³-hybridized carbons (Fsp3) is 0.115. The molecule has 2 amide bonds. The Balaban J connectivity index is 1.37. The number of hydroxylamine groups is 1. The number of carbonyl (C=O) groups is 2. The van der Waals surface area contributed by atoms with Crippen LogP contribution in [0.3, 0.4) is 0 Å². The SMILES string of the molecule is O=C(/C=C(\COc1cccnc1)c1cc2ccccc2o1)NCCOc1ccc(C(=O)NO)cc1. The number of hydrogen-bond acceptors (Lipinski definition) is 7. The second kappa shape index (κ2) is 11.5. The summed E-state index contributed by atoms with van der Waals surface area (Å²) in [7, 11) is 0. The number of nitrogens with one attached hydrogen (secondary N) is 2. The number of benzene rings is 2. The quantitative estimate of drug-likeness (QED) is 0.139. The lowest BCUT2D eigenvalue weighted by atomic mass is 10.1. The number of carbonyl (C=O) groups excluding carboxylic acids is 2. The van der Waals surface area contributed by atoms with Crippen LogP contribution in [-0.2, 0) is 4.79 Å². The fourth-order valence-corrected chi connectivity index (χ4v) is 3.24. The lowest BCUT2D eigenvalue weighted by Gasteiger charge is -2.09. The Bertz CT molecular complexity index is 1280. The van der Waals surface area contributed by atoms with Crippen LogP contribution in [0.15, 0.2) is 89.6 Å². The zero-order chi connectivity index (χ0) is 24.5. The van der Waals surface area contributed by atoms with Gasteiger partial charge in [0, 0.05) is 28.8 Å². The first-order valence-electron chi connectivity index (χ1n) is 10.8. The number of para-hydroxylation sites is 1. The van der Waals surface area contributed by atoms with E-state index in [-0.39, 0.29) is 25.7 Å². The van der Waals surface area contributed by atoms with Crippen molar-refractivity contribution in [2.75, 3.05) is 19.8 Å². The van der Waals surface area contributed by atoms with E-state index in [1.807, 2.05) is 30.3 Å². The first kappa shape index (κ1) is 23.5. The summed E-state index contributed by atoms with van der Waals surface area (Å²) >= 11 is 0. The van der Waals surface area contributed by atoms with E-state index in [1.54, 1.807) is 42.1 Å². The number of rotatable bonds is 10. The normalized spacial score (nSPS) is 11.2. The summed E-state index contributed by atoms with van der Waals surface area (Å²) in [6.07, 6.45) is 4.69. The minimum atomic E-state index is -0.608. The van der Waals surface area contributed by atoms with Crippen molar-refractivity contribution in [3.05, 3.63) is 96.5 Å². The summed E-state index contributed by atoms with van der Waals surface area (Å²) in [5.41, 5.74) is 3.15. The highest BCUT2D eigenvalue weighted by atomic mass is 16.5. The molecule has 0 aliphatic rings. The van der Waals surface area contributed by atoms with Gasteiger partial charge in [0.1, 0.15) is 36.1 Å². The maximum absolute atomic E-state index is 12.6. The van der Waals surface area contributed by atoms with Gasteiger partial charge >= 0.3 is 0 Å². The summed E-state index contributed by atoms with van der Waals surface area (Å²) in [4.78, 5) is 28.0. The van der Waals surface area contributed by atoms with E-state index in [1.165, 1.54) is 18.2 Å². The van der Waals surface area contributed by atoms with Crippen LogP contribution in [0.2, 0.25) is 0 Å². The maximum atomic E-state index is 12.6. The van der Waals surface area contributed by atoms with Gasteiger partial charge in [-0.1, -0.05) is 18.2 Å². The van der Waals surface area contributed by atoms with E-state index < -0.39 is 5.91 Å². The third-order valence-electron chi connectivity index (χ3n) is 4.96. The highest BCUT2D eigenvalue weighted by Gasteiger charge is 2.12. The first-order valence-corrected chi connectivity index (χ1v) is 10.8. The van der Waals surface area contributed by atoms with Gasteiger partial charge in [-0.05, 0) is 48.5 Å². The van der Waals surface area contributed by atoms with Gasteiger partial charge in [-0.15, -0.1) is 0 Å². The number of amides is 2. The lowest BCUT2D eigenvalue weighted by Crippen LogP contribution is -2.27. The second-order valence-corrected chi connectivity index (χ2v) is 7.40. The van der Waals surface area contributed by atoms with Crippen LogP contribution in [0.1, 0.15) is 16.1 Å². The van der Waals surface area contributed by atoms with Gasteiger partial charge in [-0.3, -0.25) is 19.8 Å². The monoisotopic (exact) mass is 473 g/mol. The highest BCUT2D eigenvalue weighted by molar-refractivity contribution is 5.96. The molecule has 178 valence electrons. The van der Waals surface area contributed by atoms with Crippen molar-refractivity contribution in [1.29, 1.82) is 0 Å². The molecule has 4 aromatic rings. The van der Waals surface area contributed by atoms with Crippen molar-refractivity contribution in [3.63, 3.8) is 0 Å². The van der Waals surface area contributed by atoms with Crippen molar-refractivity contribution in [3.8, 4) is 11.5 Å². The molecule has 3 N–H and O–H groups in total. The molecule has 0 bridgehead atoms. The molecule has 0 spiro atoms. The van der Waals surface area contributed by atoms with Gasteiger partial charge in [-0.2, -0.15) is 0 Å². The smallest absolute Gasteiger partial charge is 0.274 e. The zero-order valence-corrected chi connectivity index (χ0v) is 18.6. The Labute approximate surface area is 201 Å². The number of fused-ring (bicyclic) bond motifs is 1. The van der Waals surface area contributed by atoms with Crippen LogP contribution in [0.4, 0.5) is 0 Å². The number of pyridine rings is 1. The van der Waals surface area contributed by atoms with Crippen molar-refractivity contribution >= 4 is 28.4 Å². The third-order valence-corrected chi connectivity index (χ3v) is 4.96. The molecule has 2 aromatic heterocycles. The van der Waals surface area contributed by atoms with Crippen LogP contribution in [-0.4, -0.2) is 41.8 Å². The van der Waals surface area contributed by atoms with E-state index in [4.69, 9.17) is 19.1 Å². The molecule has 0 saturated heterocycles. The fourth-order valence-electron chi connectivity index (χ4n) is 3.24. The molecule has 0 radical (unpaired) electrons. The molecule has 9 nitrogen and oxygen atoms in total. The largest absolute Gasteiger partial charge is 0.492 e. The molecule has 0 unspecified atom stereocenters. The molecule has 2 heterocycles. The zero-order valence-electron chi connectivity index (χ0n) is 18.6. The first-order chi connectivity index (χ1) is 17.1. The van der Waals surface area contributed by atoms with Crippen molar-refractivity contribution in [2.45, 2.75) is 0 Å². The average molecular weight is 473 g/mol. The van der Waals surface area contributed by atoms with Gasteiger partial charge < -0.3 is 19.2 Å². The van der Waals surface area contributed by atoms with E-state index in [9.17, 15) is 9.59 Å². The minimum Gasteiger partial charge on any atom is -0.492 e. The second-order valence-electron chi connectivity index (χ2n) is 7.40. The van der Waals surface area contributed by atoms with E-state index in [0.29, 0.717) is 34.0 Å². The van der Waals surface area contributed by atoms with Gasteiger partial charge in [-0.25, -0.2) is 5.48 Å². The Hall–Kier alpha value is -4.63. The molecule has 0 fully saturated rings. The minimum absolute atomic E-state index is 0.114. The molecular weight excluding hydrogens is 450 g/mol. The number of ether oxygens (including phenoxy) is 2. The van der Waals surface area contributed by atoms with E-state index in [0.717, 1.165) is 5.39 Å². The predicted molar refractivity (Wildman–Crippen MR) is 128 cm³/mol. The Morgan fingerprint density at radius 3 is 2.57 bits per heavy atom. The maximum Gasteiger partial charge on any atom is 0.274 e. The molecule has 35 heavy (non-hydrogen) atoms. The Morgan fingerprint density at radius 1 is 1.00 bits per heavy atom. The molecular formula is C26H23N3O6. The summed E-state index contributed by atoms with van der Waals surface area (Å²) in [6.45, 7) is 0.589. The van der Waals surface area contributed by atoms with Crippen LogP contribution in [0, 0.1) is 0 Å². The summed E-state index contributed by atoms with van der Waals surface area (Å²) in [5, 5.41) is 12.4. The van der Waals surface area contributed by atoms with Gasteiger partial charge in [0.25, 0.3) is 5.91 Å². The molecule has 0 saturated carbocycles. The lowest BCUT2D eigenvalue weighted by molar-refractivity contribution is -0.116. The van der Waals surface area contributed by atoms with Gasteiger partial charge in [0.05, 0.1) is 12.7 Å². The van der Waals surface area contributed by atoms with Gasteiger partial charge in [0.2, 0.25) is 5.91 Å². The predicted octanol–water partition coefficient (Wildman–Crippen LogP) is 3.60. The molecule has 0 aliphatic heterocycles. The number of nitrogens with zero attached hydrogens (tertiary/aromatic N) is 1. The number of hydrogen-bond donors (Lipinski definition) is 3. The third kappa shape index (κ3) is 6.46. The van der Waals surface area contributed by atoms with Crippen LogP contribution in [0.25, 0.3) is 16.5 Å². The van der Waals surface area contributed by atoms with Crippen LogP contribution < -0.4 is 20.3 Å². The Kier molecular flexibility index (Phi) is 7.72. The summed E-state index contributed by atoms with van der Waals surface area (Å²) in [6, 6.07) is 19.2. The van der Waals surface area contributed by atoms with E-state index >= 15 is 0 Å². The van der Waals surface area contributed by atoms with E-state index in [2.05, 4.69) is 10.3 Å². The van der Waals surface area contributed by atoms with Crippen LogP contribution >= 0.6 is 0 Å². The number of aromatic nitrogens is 1. The van der Waals surface area contributed by atoms with Crippen molar-refractivity contribution in [1.82, 2.24) is 15.8 Å². The van der Waals surface area contributed by atoms with Crippen LogP contribution in [0.5, 0.6) is 11.5 Å². The summed E-state index contributed by atoms with van der Waals surface area (Å²) < 4.78 is 17.3. The molecule has 2 aromatic carbocycles. The van der Waals surface area contributed by atoms with Gasteiger partial charge in [0.15, 0.2) is 0 Å². The van der Waals surface area contributed by atoms with Crippen molar-refractivity contribution < 1.29 is 28.7 Å².